The first-order chi connectivity index (χ1) is 9.04. The second kappa shape index (κ2) is 5.27. The van der Waals surface area contributed by atoms with E-state index in [-0.39, 0.29) is 12.3 Å². The third-order valence-corrected chi connectivity index (χ3v) is 3.00. The molecule has 6 heteroatoms. The number of hydrogen-bond donors (Lipinski definition) is 2. The number of carbonyl (C=O) groups excluding carboxylic acids is 2. The van der Waals surface area contributed by atoms with E-state index in [4.69, 9.17) is 15.2 Å². The van der Waals surface area contributed by atoms with Gasteiger partial charge in [0.15, 0.2) is 0 Å². The Morgan fingerprint density at radius 1 is 1.37 bits per heavy atom. The largest absolute Gasteiger partial charge is 0.497 e. The van der Waals surface area contributed by atoms with E-state index in [0.29, 0.717) is 24.5 Å². The molecule has 1 aliphatic heterocycles. The number of hydrogen-bond acceptors (Lipinski definition) is 4. The van der Waals surface area contributed by atoms with Gasteiger partial charge in [0.25, 0.3) is 5.91 Å². The van der Waals surface area contributed by atoms with Crippen molar-refractivity contribution in [2.45, 2.75) is 12.0 Å². The lowest BCUT2D eigenvalue weighted by atomic mass is 9.92. The molecule has 19 heavy (non-hydrogen) atoms. The van der Waals surface area contributed by atoms with E-state index in [2.05, 4.69) is 5.32 Å². The number of amides is 2. The van der Waals surface area contributed by atoms with Gasteiger partial charge in [0.05, 0.1) is 32.3 Å². The van der Waals surface area contributed by atoms with E-state index in [0.717, 1.165) is 0 Å². The molecule has 0 unspecified atom stereocenters. The minimum Gasteiger partial charge on any atom is -0.497 e. The lowest BCUT2D eigenvalue weighted by molar-refractivity contribution is -0.127. The molecular weight excluding hydrogens is 248 g/mol. The minimum atomic E-state index is -0.664. The Hall–Kier alpha value is -2.08. The highest BCUT2D eigenvalue weighted by Gasteiger charge is 2.41. The van der Waals surface area contributed by atoms with Crippen molar-refractivity contribution in [3.63, 3.8) is 0 Å². The van der Waals surface area contributed by atoms with Crippen LogP contribution in [0.3, 0.4) is 0 Å². The maximum absolute atomic E-state index is 12.1. The second-order valence-electron chi connectivity index (χ2n) is 4.60. The Labute approximate surface area is 110 Å². The molecule has 6 nitrogen and oxygen atoms in total. The van der Waals surface area contributed by atoms with Crippen molar-refractivity contribution in [3.05, 3.63) is 29.8 Å². The third-order valence-electron chi connectivity index (χ3n) is 3.00. The van der Waals surface area contributed by atoms with Gasteiger partial charge in [0, 0.05) is 5.56 Å². The summed E-state index contributed by atoms with van der Waals surface area (Å²) in [6, 6.07) is 6.72. The fourth-order valence-corrected chi connectivity index (χ4v) is 1.96. The SMILES string of the molecule is COc1ccc(C(=O)NC2(CC(N)=O)COC2)cc1. The van der Waals surface area contributed by atoms with Gasteiger partial charge in [-0.05, 0) is 24.3 Å². The summed E-state index contributed by atoms with van der Waals surface area (Å²) in [5.74, 6) is -0.0408. The van der Waals surface area contributed by atoms with Crippen LogP contribution in [0.2, 0.25) is 0 Å². The molecule has 0 aliphatic carbocycles. The monoisotopic (exact) mass is 264 g/mol. The molecule has 3 N–H and O–H groups in total. The summed E-state index contributed by atoms with van der Waals surface area (Å²) in [7, 11) is 1.56. The smallest absolute Gasteiger partial charge is 0.251 e. The molecule has 1 aliphatic rings. The highest BCUT2D eigenvalue weighted by atomic mass is 16.5. The molecule has 2 rings (SSSR count). The molecule has 2 amide bonds. The van der Waals surface area contributed by atoms with Crippen molar-refractivity contribution in [1.82, 2.24) is 5.32 Å². The summed E-state index contributed by atoms with van der Waals surface area (Å²) in [5.41, 5.74) is 5.01. The molecule has 1 saturated heterocycles. The molecule has 1 fully saturated rings. The zero-order valence-corrected chi connectivity index (χ0v) is 10.6. The molecule has 0 aromatic heterocycles. The number of nitrogens with one attached hydrogen (secondary N) is 1. The van der Waals surface area contributed by atoms with Gasteiger partial charge in [-0.1, -0.05) is 0 Å². The quantitative estimate of drug-likeness (QED) is 0.787. The molecule has 0 bridgehead atoms. The first-order valence-corrected chi connectivity index (χ1v) is 5.87. The first kappa shape index (κ1) is 13.4. The second-order valence-corrected chi connectivity index (χ2v) is 4.60. The predicted octanol–water partition coefficient (Wildman–Crippen LogP) is 0.0694. The van der Waals surface area contributed by atoms with Gasteiger partial charge in [-0.2, -0.15) is 0 Å². The molecule has 0 atom stereocenters. The molecule has 102 valence electrons. The van der Waals surface area contributed by atoms with Crippen molar-refractivity contribution in [1.29, 1.82) is 0 Å². The Kier molecular flexibility index (Phi) is 3.71. The van der Waals surface area contributed by atoms with E-state index in [1.54, 1.807) is 31.4 Å². The standard InChI is InChI=1S/C13H16N2O4/c1-18-10-4-2-9(3-5-10)12(17)15-13(6-11(14)16)7-19-8-13/h2-5H,6-8H2,1H3,(H2,14,16)(H,15,17). The average molecular weight is 264 g/mol. The van der Waals surface area contributed by atoms with Gasteiger partial charge in [-0.3, -0.25) is 9.59 Å². The summed E-state index contributed by atoms with van der Waals surface area (Å²) in [6.45, 7) is 0.607. The Bertz CT molecular complexity index is 480. The highest BCUT2D eigenvalue weighted by Crippen LogP contribution is 2.22. The summed E-state index contributed by atoms with van der Waals surface area (Å²) in [4.78, 5) is 23.1. The molecular formula is C13H16N2O4. The van der Waals surface area contributed by atoms with Gasteiger partial charge in [-0.25, -0.2) is 0 Å². The van der Waals surface area contributed by atoms with Gasteiger partial charge in [-0.15, -0.1) is 0 Å². The highest BCUT2D eigenvalue weighted by molar-refractivity contribution is 5.95. The maximum Gasteiger partial charge on any atom is 0.251 e. The van der Waals surface area contributed by atoms with E-state index in [1.807, 2.05) is 0 Å². The van der Waals surface area contributed by atoms with Crippen LogP contribution in [-0.2, 0) is 9.53 Å². The van der Waals surface area contributed by atoms with Crippen LogP contribution >= 0.6 is 0 Å². The van der Waals surface area contributed by atoms with Crippen LogP contribution in [0.15, 0.2) is 24.3 Å². The number of primary amides is 1. The van der Waals surface area contributed by atoms with Gasteiger partial charge < -0.3 is 20.5 Å². The lowest BCUT2D eigenvalue weighted by Gasteiger charge is -2.41. The van der Waals surface area contributed by atoms with Crippen LogP contribution in [-0.4, -0.2) is 37.7 Å². The fourth-order valence-electron chi connectivity index (χ4n) is 1.96. The van der Waals surface area contributed by atoms with Crippen molar-refractivity contribution in [2.24, 2.45) is 5.73 Å². The Morgan fingerprint density at radius 3 is 2.42 bits per heavy atom. The van der Waals surface area contributed by atoms with Crippen LogP contribution in [0.4, 0.5) is 0 Å². The Morgan fingerprint density at radius 2 is 2.00 bits per heavy atom. The molecule has 0 radical (unpaired) electrons. The van der Waals surface area contributed by atoms with E-state index in [1.165, 1.54) is 0 Å². The van der Waals surface area contributed by atoms with Crippen LogP contribution in [0.5, 0.6) is 5.75 Å². The average Bonchev–Trinajstić information content (AvgIpc) is 2.35. The van der Waals surface area contributed by atoms with Crippen LogP contribution < -0.4 is 15.8 Å². The topological polar surface area (TPSA) is 90.6 Å². The molecule has 1 heterocycles. The van der Waals surface area contributed by atoms with E-state index >= 15 is 0 Å². The van der Waals surface area contributed by atoms with Crippen LogP contribution in [0.1, 0.15) is 16.8 Å². The van der Waals surface area contributed by atoms with Crippen LogP contribution in [0.25, 0.3) is 0 Å². The first-order valence-electron chi connectivity index (χ1n) is 5.87. The molecule has 1 aromatic carbocycles. The summed E-state index contributed by atoms with van der Waals surface area (Å²) in [5, 5.41) is 2.81. The third kappa shape index (κ3) is 3.03. The van der Waals surface area contributed by atoms with Crippen LogP contribution in [0, 0.1) is 0 Å². The van der Waals surface area contributed by atoms with Gasteiger partial charge in [0.2, 0.25) is 5.91 Å². The number of methoxy groups -OCH3 is 1. The molecule has 1 aromatic rings. The van der Waals surface area contributed by atoms with Crippen molar-refractivity contribution >= 4 is 11.8 Å². The molecule has 0 spiro atoms. The van der Waals surface area contributed by atoms with Crippen molar-refractivity contribution in [2.75, 3.05) is 20.3 Å². The summed E-state index contributed by atoms with van der Waals surface area (Å²) < 4.78 is 10.1. The van der Waals surface area contributed by atoms with E-state index < -0.39 is 11.4 Å². The zero-order chi connectivity index (χ0) is 13.9. The minimum absolute atomic E-state index is 0.0783. The summed E-state index contributed by atoms with van der Waals surface area (Å²) in [6.07, 6.45) is 0.0783. The molecule has 0 saturated carbocycles. The number of benzene rings is 1. The van der Waals surface area contributed by atoms with Gasteiger partial charge in [0.1, 0.15) is 5.75 Å². The zero-order valence-electron chi connectivity index (χ0n) is 10.6. The number of nitrogens with two attached hydrogens (primary N) is 1. The normalized spacial score (nSPS) is 16.3. The maximum atomic E-state index is 12.1. The number of rotatable bonds is 5. The number of carbonyl (C=O) groups is 2. The van der Waals surface area contributed by atoms with Crippen molar-refractivity contribution < 1.29 is 19.1 Å². The summed E-state index contributed by atoms with van der Waals surface area (Å²) >= 11 is 0. The van der Waals surface area contributed by atoms with Crippen molar-refractivity contribution in [3.8, 4) is 5.75 Å². The van der Waals surface area contributed by atoms with Gasteiger partial charge >= 0.3 is 0 Å². The van der Waals surface area contributed by atoms with E-state index in [9.17, 15) is 9.59 Å². The fraction of sp³-hybridized carbons (Fsp3) is 0.385. The lowest BCUT2D eigenvalue weighted by Crippen LogP contribution is -2.63. The predicted molar refractivity (Wildman–Crippen MR) is 67.8 cm³/mol. The number of ether oxygens (including phenoxy) is 2. The Balaban J connectivity index is 2.04.